The first-order valence-electron chi connectivity index (χ1n) is 16.2. The molecule has 0 saturated carbocycles. The van der Waals surface area contributed by atoms with Crippen LogP contribution in [0.1, 0.15) is 40.9 Å². The molecule has 0 amide bonds. The van der Waals surface area contributed by atoms with E-state index in [1.54, 1.807) is 31.6 Å². The number of ether oxygens (including phenoxy) is 1. The summed E-state index contributed by atoms with van der Waals surface area (Å²) in [4.78, 5) is 53.4. The van der Waals surface area contributed by atoms with Gasteiger partial charge in [-0.05, 0) is 61.6 Å². The number of aromatic nitrogens is 5. The highest BCUT2D eigenvalue weighted by atomic mass is 16.5. The number of nitrogens with one attached hydrogen (secondary N) is 1. The molecule has 1 N–H and O–H groups in total. The van der Waals surface area contributed by atoms with E-state index in [1.165, 1.54) is 26.5 Å². The predicted molar refractivity (Wildman–Crippen MR) is 179 cm³/mol. The summed E-state index contributed by atoms with van der Waals surface area (Å²) < 4.78 is 10.5. The second kappa shape index (κ2) is 11.9. The molecule has 1 atom stereocenters. The van der Waals surface area contributed by atoms with E-state index in [4.69, 9.17) is 4.74 Å². The van der Waals surface area contributed by atoms with Crippen molar-refractivity contribution in [2.24, 2.45) is 7.05 Å². The Morgan fingerprint density at radius 3 is 2.55 bits per heavy atom. The van der Waals surface area contributed by atoms with E-state index in [1.807, 2.05) is 35.0 Å². The first-order valence-corrected chi connectivity index (χ1v) is 16.2. The molecule has 0 radical (unpaired) electrons. The maximum Gasteiger partial charge on any atom is 0.280 e. The van der Waals surface area contributed by atoms with E-state index in [0.29, 0.717) is 34.6 Å². The number of anilines is 3. The van der Waals surface area contributed by atoms with Crippen LogP contribution in [0.15, 0.2) is 70.8 Å². The summed E-state index contributed by atoms with van der Waals surface area (Å²) in [5, 5.41) is 3.36. The predicted octanol–water partition coefficient (Wildman–Crippen LogP) is 3.55. The summed E-state index contributed by atoms with van der Waals surface area (Å²) in [5.74, 6) is 0.800. The van der Waals surface area contributed by atoms with Gasteiger partial charge < -0.3 is 23.9 Å². The molecule has 2 saturated heterocycles. The van der Waals surface area contributed by atoms with Gasteiger partial charge in [0.05, 0.1) is 35.4 Å². The number of rotatable bonds is 7. The highest BCUT2D eigenvalue weighted by Crippen LogP contribution is 2.33. The minimum atomic E-state index is -0.253. The van der Waals surface area contributed by atoms with Gasteiger partial charge in [-0.3, -0.25) is 23.9 Å². The van der Waals surface area contributed by atoms with Crippen molar-refractivity contribution < 1.29 is 9.53 Å². The van der Waals surface area contributed by atoms with Crippen molar-refractivity contribution in [3.05, 3.63) is 98.7 Å². The van der Waals surface area contributed by atoms with Crippen LogP contribution >= 0.6 is 0 Å². The number of hydrogen-bond donors (Lipinski definition) is 1. The van der Waals surface area contributed by atoms with Crippen molar-refractivity contribution in [1.29, 1.82) is 0 Å². The standard InChI is InChI=1S/C35H36N8O4/c1-39-31(45)9-7-27(38-30-8-6-24(21-37-30)40-13-15-41(16-14-40)32-11-19-47-32)33(39)25-10-12-36-34(26(25)22-44)43-18-17-42-28-5-3-2-4-23(28)20-29(42)35(43)46/h6-10,12,17-18,20-22,32H,2-5,11,13-16,19H2,1H3,(H,37,38). The average Bonchev–Trinajstić information content (AvgIpc) is 3.46. The third-order valence-electron chi connectivity index (χ3n) is 9.80. The minimum absolute atomic E-state index is 0.203. The Morgan fingerprint density at radius 1 is 0.979 bits per heavy atom. The zero-order valence-electron chi connectivity index (χ0n) is 26.3. The van der Waals surface area contributed by atoms with Crippen LogP contribution in [0.2, 0.25) is 0 Å². The van der Waals surface area contributed by atoms with Gasteiger partial charge in [-0.2, -0.15) is 0 Å². The summed E-state index contributed by atoms with van der Waals surface area (Å²) >= 11 is 0. The zero-order chi connectivity index (χ0) is 32.1. The van der Waals surface area contributed by atoms with Gasteiger partial charge in [0.15, 0.2) is 12.1 Å². The van der Waals surface area contributed by atoms with Crippen LogP contribution in [0.3, 0.4) is 0 Å². The molecule has 12 heteroatoms. The Bertz CT molecular complexity index is 2100. The first kappa shape index (κ1) is 29.3. The molecule has 47 heavy (non-hydrogen) atoms. The summed E-state index contributed by atoms with van der Waals surface area (Å²) in [5.41, 5.74) is 5.21. The fourth-order valence-corrected chi connectivity index (χ4v) is 7.15. The molecule has 0 bridgehead atoms. The van der Waals surface area contributed by atoms with Crippen LogP contribution < -0.4 is 21.3 Å². The zero-order valence-corrected chi connectivity index (χ0v) is 26.3. The maximum absolute atomic E-state index is 13.8. The molecule has 8 rings (SSSR count). The van der Waals surface area contributed by atoms with Gasteiger partial charge in [0.25, 0.3) is 11.1 Å². The number of aldehydes is 1. The van der Waals surface area contributed by atoms with Crippen LogP contribution in [0.5, 0.6) is 0 Å². The highest BCUT2D eigenvalue weighted by Gasteiger charge is 2.29. The number of carbonyl (C=O) groups excluding carboxylic acids is 1. The fourth-order valence-electron chi connectivity index (χ4n) is 7.15. The van der Waals surface area contributed by atoms with Crippen molar-refractivity contribution in [2.75, 3.05) is 43.0 Å². The van der Waals surface area contributed by atoms with Crippen molar-refractivity contribution in [1.82, 2.24) is 28.4 Å². The lowest BCUT2D eigenvalue weighted by Gasteiger charge is -2.43. The van der Waals surface area contributed by atoms with Crippen LogP contribution in [-0.2, 0) is 24.6 Å². The lowest BCUT2D eigenvalue weighted by molar-refractivity contribution is -0.145. The lowest BCUT2D eigenvalue weighted by atomic mass is 9.98. The highest BCUT2D eigenvalue weighted by molar-refractivity contribution is 5.93. The monoisotopic (exact) mass is 632 g/mol. The number of fused-ring (bicyclic) bond motifs is 3. The van der Waals surface area contributed by atoms with Crippen LogP contribution in [0, 0.1) is 0 Å². The van der Waals surface area contributed by atoms with E-state index in [9.17, 15) is 14.4 Å². The maximum atomic E-state index is 13.8. The molecule has 3 aliphatic rings. The SMILES string of the molecule is Cn1c(-c2ccnc(-n3ccn4c5c(cc4c3=O)CCCC5)c2C=O)c(Nc2ccc(N3CCN(C4CCO4)CC3)cn2)ccc1=O. The summed E-state index contributed by atoms with van der Waals surface area (Å²) in [6, 6.07) is 10.8. The molecule has 7 heterocycles. The third kappa shape index (κ3) is 5.13. The van der Waals surface area contributed by atoms with Crippen LogP contribution in [-0.4, -0.2) is 73.7 Å². The van der Waals surface area contributed by atoms with E-state index < -0.39 is 0 Å². The average molecular weight is 633 g/mol. The third-order valence-corrected chi connectivity index (χ3v) is 9.80. The lowest BCUT2D eigenvalue weighted by Crippen LogP contribution is -2.54. The summed E-state index contributed by atoms with van der Waals surface area (Å²) in [6.45, 7) is 4.56. The minimum Gasteiger partial charge on any atom is -0.368 e. The second-order valence-corrected chi connectivity index (χ2v) is 12.4. The van der Waals surface area contributed by atoms with E-state index in [0.717, 1.165) is 70.6 Å². The Kier molecular flexibility index (Phi) is 7.45. The molecule has 2 fully saturated rings. The normalized spacial score (nSPS) is 18.1. The van der Waals surface area contributed by atoms with E-state index in [-0.39, 0.29) is 28.7 Å². The smallest absolute Gasteiger partial charge is 0.280 e. The number of nitrogens with zero attached hydrogens (tertiary/aromatic N) is 7. The molecule has 240 valence electrons. The number of pyridine rings is 3. The fraction of sp³-hybridized carbons (Fsp3) is 0.343. The molecule has 0 spiro atoms. The Hall–Kier alpha value is -5.07. The van der Waals surface area contributed by atoms with Gasteiger partial charge in [-0.25, -0.2) is 9.97 Å². The first-order chi connectivity index (χ1) is 23.0. The Morgan fingerprint density at radius 2 is 1.81 bits per heavy atom. The molecule has 1 aliphatic carbocycles. The number of hydrogen-bond acceptors (Lipinski definition) is 9. The van der Waals surface area contributed by atoms with Crippen molar-refractivity contribution >= 4 is 29.0 Å². The quantitative estimate of drug-likeness (QED) is 0.269. The topological polar surface area (TPSA) is 119 Å². The van der Waals surface area contributed by atoms with E-state index in [2.05, 4.69) is 25.1 Å². The van der Waals surface area contributed by atoms with Gasteiger partial charge in [0.2, 0.25) is 0 Å². The molecular formula is C35H36N8O4. The number of piperazine rings is 1. The second-order valence-electron chi connectivity index (χ2n) is 12.4. The van der Waals surface area contributed by atoms with E-state index >= 15 is 0 Å². The van der Waals surface area contributed by atoms with Gasteiger partial charge in [0.1, 0.15) is 17.6 Å². The van der Waals surface area contributed by atoms with Gasteiger partial charge in [0, 0.05) is 75.6 Å². The van der Waals surface area contributed by atoms with Crippen LogP contribution in [0.4, 0.5) is 17.2 Å². The molecule has 1 unspecified atom stereocenters. The molecular weight excluding hydrogens is 596 g/mol. The number of aryl methyl sites for hydroxylation is 2. The summed E-state index contributed by atoms with van der Waals surface area (Å²) in [6.07, 6.45) is 13.1. The number of carbonyl (C=O) groups is 1. The van der Waals surface area contributed by atoms with Gasteiger partial charge in [-0.1, -0.05) is 0 Å². The molecule has 0 aromatic carbocycles. The summed E-state index contributed by atoms with van der Waals surface area (Å²) in [7, 11) is 1.66. The molecule has 5 aromatic rings. The van der Waals surface area contributed by atoms with Gasteiger partial charge in [-0.15, -0.1) is 0 Å². The molecule has 5 aromatic heterocycles. The van der Waals surface area contributed by atoms with Crippen molar-refractivity contribution in [3.63, 3.8) is 0 Å². The Labute approximate surface area is 270 Å². The largest absolute Gasteiger partial charge is 0.368 e. The Balaban J connectivity index is 1.12. The van der Waals surface area contributed by atoms with Crippen molar-refractivity contribution in [2.45, 2.75) is 38.3 Å². The van der Waals surface area contributed by atoms with Crippen LogP contribution in [0.25, 0.3) is 22.6 Å². The van der Waals surface area contributed by atoms with Gasteiger partial charge >= 0.3 is 0 Å². The molecule has 2 aliphatic heterocycles. The molecule has 12 nitrogen and oxygen atoms in total. The van der Waals surface area contributed by atoms with Crippen molar-refractivity contribution in [3.8, 4) is 17.1 Å².